The molecule has 156 valence electrons. The molecular formula is C22H29N3O4. The number of anilines is 1. The molecule has 0 saturated carbocycles. The summed E-state index contributed by atoms with van der Waals surface area (Å²) < 4.78 is 17.1. The number of hydrogen-bond acceptors (Lipinski definition) is 6. The van der Waals surface area contributed by atoms with Crippen LogP contribution in [0.4, 0.5) is 5.69 Å². The number of amides is 1. The number of ether oxygens (including phenoxy) is 3. The van der Waals surface area contributed by atoms with Crippen LogP contribution < -0.4 is 24.4 Å². The summed E-state index contributed by atoms with van der Waals surface area (Å²) in [7, 11) is 1.62. The second kappa shape index (κ2) is 9.49. The maximum absolute atomic E-state index is 11.2. The van der Waals surface area contributed by atoms with Crippen molar-refractivity contribution >= 4 is 11.6 Å². The van der Waals surface area contributed by atoms with Crippen LogP contribution in [0.1, 0.15) is 38.8 Å². The fourth-order valence-corrected chi connectivity index (χ4v) is 3.49. The first-order chi connectivity index (χ1) is 14.0. The fourth-order valence-electron chi connectivity index (χ4n) is 3.49. The lowest BCUT2D eigenvalue weighted by Gasteiger charge is -2.21. The molecule has 7 heteroatoms. The Morgan fingerprint density at radius 2 is 2.03 bits per heavy atom. The summed E-state index contributed by atoms with van der Waals surface area (Å²) in [5, 5.41) is 2.89. The van der Waals surface area contributed by atoms with E-state index in [1.54, 1.807) is 7.11 Å². The minimum absolute atomic E-state index is 0.0249. The van der Waals surface area contributed by atoms with Gasteiger partial charge in [0, 0.05) is 26.0 Å². The highest BCUT2D eigenvalue weighted by Crippen LogP contribution is 2.32. The fraction of sp³-hybridized carbons (Fsp3) is 0.455. The van der Waals surface area contributed by atoms with Crippen molar-refractivity contribution in [1.29, 1.82) is 0 Å². The summed E-state index contributed by atoms with van der Waals surface area (Å²) in [6, 6.07) is 11.7. The topological polar surface area (TPSA) is 72.9 Å². The monoisotopic (exact) mass is 399 g/mol. The lowest BCUT2D eigenvalue weighted by Crippen LogP contribution is -2.25. The minimum atomic E-state index is -0.0388. The van der Waals surface area contributed by atoms with Crippen molar-refractivity contribution in [3.63, 3.8) is 0 Å². The van der Waals surface area contributed by atoms with E-state index in [2.05, 4.69) is 15.2 Å². The van der Waals surface area contributed by atoms with Crippen molar-refractivity contribution < 1.29 is 19.0 Å². The number of nitrogens with one attached hydrogen (secondary N) is 1. The van der Waals surface area contributed by atoms with Gasteiger partial charge in [-0.3, -0.25) is 4.79 Å². The van der Waals surface area contributed by atoms with Gasteiger partial charge in [-0.1, -0.05) is 12.1 Å². The third kappa shape index (κ3) is 5.31. The van der Waals surface area contributed by atoms with Crippen LogP contribution in [0.5, 0.6) is 17.5 Å². The highest BCUT2D eigenvalue weighted by molar-refractivity contribution is 5.73. The molecule has 1 N–H and O–H groups in total. The van der Waals surface area contributed by atoms with Crippen LogP contribution in [-0.2, 0) is 4.79 Å². The Morgan fingerprint density at radius 3 is 2.69 bits per heavy atom. The summed E-state index contributed by atoms with van der Waals surface area (Å²) in [6.45, 7) is 7.61. The van der Waals surface area contributed by atoms with Crippen LogP contribution in [0.25, 0.3) is 0 Å². The zero-order chi connectivity index (χ0) is 20.8. The molecule has 0 spiro atoms. The maximum Gasteiger partial charge on any atom is 0.240 e. The van der Waals surface area contributed by atoms with Crippen molar-refractivity contribution in [2.75, 3.05) is 31.7 Å². The summed E-state index contributed by atoms with van der Waals surface area (Å²) in [4.78, 5) is 17.9. The molecule has 1 amide bonds. The Bertz CT molecular complexity index is 825. The number of nitrogens with zero attached hydrogens (tertiary/aromatic N) is 2. The molecule has 1 aromatic heterocycles. The largest absolute Gasteiger partial charge is 0.489 e. The normalized spacial score (nSPS) is 17.0. The van der Waals surface area contributed by atoms with E-state index >= 15 is 0 Å². The quantitative estimate of drug-likeness (QED) is 0.734. The summed E-state index contributed by atoms with van der Waals surface area (Å²) in [6.07, 6.45) is 1.00. The number of rotatable bonds is 8. The predicted molar refractivity (Wildman–Crippen MR) is 112 cm³/mol. The van der Waals surface area contributed by atoms with Crippen LogP contribution >= 0.6 is 0 Å². The molecule has 1 aliphatic rings. The maximum atomic E-state index is 11.2. The van der Waals surface area contributed by atoms with Gasteiger partial charge in [0.2, 0.25) is 17.7 Å². The van der Waals surface area contributed by atoms with Gasteiger partial charge in [-0.25, -0.2) is 0 Å². The van der Waals surface area contributed by atoms with E-state index in [1.807, 2.05) is 50.2 Å². The Morgan fingerprint density at radius 1 is 1.28 bits per heavy atom. The number of hydrogen-bond donors (Lipinski definition) is 1. The first-order valence-electron chi connectivity index (χ1n) is 9.96. The lowest BCUT2D eigenvalue weighted by atomic mass is 10.1. The average Bonchev–Trinajstić information content (AvgIpc) is 3.16. The highest BCUT2D eigenvalue weighted by atomic mass is 16.5. The third-order valence-electron chi connectivity index (χ3n) is 4.89. The number of benzene rings is 1. The van der Waals surface area contributed by atoms with E-state index in [0.29, 0.717) is 18.4 Å². The lowest BCUT2D eigenvalue weighted by molar-refractivity contribution is -0.119. The van der Waals surface area contributed by atoms with E-state index < -0.39 is 0 Å². The number of pyridine rings is 1. The van der Waals surface area contributed by atoms with Crippen LogP contribution in [0.15, 0.2) is 36.4 Å². The van der Waals surface area contributed by atoms with E-state index in [1.165, 1.54) is 6.92 Å². The molecule has 1 aliphatic heterocycles. The molecule has 2 atom stereocenters. The summed E-state index contributed by atoms with van der Waals surface area (Å²) >= 11 is 0. The van der Waals surface area contributed by atoms with E-state index in [0.717, 1.165) is 36.5 Å². The SMILES string of the molecule is CCOc1ccc(N2CC[C@@H](Oc3ccc([C@H](C)NC(C)=O)cc3)C2)c(OC)n1. The second-order valence-corrected chi connectivity index (χ2v) is 7.08. The first-order valence-corrected chi connectivity index (χ1v) is 9.96. The van der Waals surface area contributed by atoms with Crippen LogP contribution in [-0.4, -0.2) is 43.8 Å². The molecule has 3 rings (SSSR count). The Hall–Kier alpha value is -2.96. The first kappa shape index (κ1) is 20.8. The number of carbonyl (C=O) groups excluding carboxylic acids is 1. The van der Waals surface area contributed by atoms with Crippen molar-refractivity contribution in [3.05, 3.63) is 42.0 Å². The van der Waals surface area contributed by atoms with Gasteiger partial charge in [-0.2, -0.15) is 4.98 Å². The standard InChI is InChI=1S/C22H29N3O4/c1-5-28-21-11-10-20(22(24-21)27-4)25-13-12-19(14-25)29-18-8-6-17(7-9-18)15(2)23-16(3)26/h6-11,15,19H,5,12-14H2,1-4H3,(H,23,26)/t15-,19+/m0/s1. The molecular weight excluding hydrogens is 370 g/mol. The zero-order valence-electron chi connectivity index (χ0n) is 17.5. The van der Waals surface area contributed by atoms with Gasteiger partial charge < -0.3 is 24.4 Å². The summed E-state index contributed by atoms with van der Waals surface area (Å²) in [5.41, 5.74) is 1.99. The van der Waals surface area contributed by atoms with Gasteiger partial charge >= 0.3 is 0 Å². The van der Waals surface area contributed by atoms with Gasteiger partial charge in [0.15, 0.2) is 0 Å². The highest BCUT2D eigenvalue weighted by Gasteiger charge is 2.27. The molecule has 1 saturated heterocycles. The second-order valence-electron chi connectivity index (χ2n) is 7.08. The molecule has 2 aromatic rings. The van der Waals surface area contributed by atoms with Gasteiger partial charge in [-0.05, 0) is 37.6 Å². The number of methoxy groups -OCH3 is 1. The molecule has 0 unspecified atom stereocenters. The molecule has 0 radical (unpaired) electrons. The predicted octanol–water partition coefficient (Wildman–Crippen LogP) is 3.34. The van der Waals surface area contributed by atoms with Crippen LogP contribution in [0.3, 0.4) is 0 Å². The molecule has 2 heterocycles. The smallest absolute Gasteiger partial charge is 0.240 e. The van der Waals surface area contributed by atoms with E-state index in [4.69, 9.17) is 14.2 Å². The van der Waals surface area contributed by atoms with Crippen molar-refractivity contribution in [3.8, 4) is 17.5 Å². The van der Waals surface area contributed by atoms with Crippen molar-refractivity contribution in [2.24, 2.45) is 0 Å². The van der Waals surface area contributed by atoms with Crippen LogP contribution in [0, 0.1) is 0 Å². The number of aromatic nitrogens is 1. The van der Waals surface area contributed by atoms with Crippen LogP contribution in [0.2, 0.25) is 0 Å². The van der Waals surface area contributed by atoms with Gasteiger partial charge in [0.05, 0.1) is 26.3 Å². The van der Waals surface area contributed by atoms with Gasteiger partial charge in [0.1, 0.15) is 17.5 Å². The summed E-state index contributed by atoms with van der Waals surface area (Å²) in [5.74, 6) is 1.91. The Kier molecular flexibility index (Phi) is 6.80. The van der Waals surface area contributed by atoms with Gasteiger partial charge in [0.25, 0.3) is 0 Å². The molecule has 1 aromatic carbocycles. The molecule has 7 nitrogen and oxygen atoms in total. The average molecular weight is 399 g/mol. The van der Waals surface area contributed by atoms with Crippen molar-refractivity contribution in [2.45, 2.75) is 39.3 Å². The Balaban J connectivity index is 1.61. The Labute approximate surface area is 172 Å². The van der Waals surface area contributed by atoms with Crippen molar-refractivity contribution in [1.82, 2.24) is 10.3 Å². The number of carbonyl (C=O) groups is 1. The van der Waals surface area contributed by atoms with Gasteiger partial charge in [-0.15, -0.1) is 0 Å². The molecule has 29 heavy (non-hydrogen) atoms. The minimum Gasteiger partial charge on any atom is -0.489 e. The molecule has 1 fully saturated rings. The zero-order valence-corrected chi connectivity index (χ0v) is 17.5. The van der Waals surface area contributed by atoms with E-state index in [9.17, 15) is 4.79 Å². The molecule has 0 bridgehead atoms. The third-order valence-corrected chi connectivity index (χ3v) is 4.89. The molecule has 0 aliphatic carbocycles. The van der Waals surface area contributed by atoms with E-state index in [-0.39, 0.29) is 18.1 Å².